The minimum Gasteiger partial charge on any atom is -0.375 e. The fourth-order valence-corrected chi connectivity index (χ4v) is 3.94. The van der Waals surface area contributed by atoms with Crippen molar-refractivity contribution in [1.29, 1.82) is 0 Å². The molecule has 2 bridgehead atoms. The van der Waals surface area contributed by atoms with E-state index in [0.717, 1.165) is 29.8 Å². The second-order valence-electron chi connectivity index (χ2n) is 5.87. The van der Waals surface area contributed by atoms with Crippen LogP contribution in [0, 0.1) is 12.8 Å². The van der Waals surface area contributed by atoms with Crippen LogP contribution in [0.4, 0.5) is 5.13 Å². The summed E-state index contributed by atoms with van der Waals surface area (Å²) in [5, 5.41) is 3.54. The van der Waals surface area contributed by atoms with Crippen molar-refractivity contribution >= 4 is 28.3 Å². The van der Waals surface area contributed by atoms with E-state index in [9.17, 15) is 9.59 Å². The number of likely N-dealkylation sites (tertiary alicyclic amines) is 1. The highest BCUT2D eigenvalue weighted by molar-refractivity contribution is 7.15. The Hall–Kier alpha value is -1.63. The molecule has 7 heteroatoms. The monoisotopic (exact) mass is 308 g/mol. The first-order valence-corrected chi connectivity index (χ1v) is 8.14. The molecule has 114 valence electrons. The minimum absolute atomic E-state index is 0.0610. The van der Waals surface area contributed by atoms with Crippen molar-refractivity contribution in [3.8, 4) is 0 Å². The molecule has 6 nitrogen and oxygen atoms in total. The highest BCUT2D eigenvalue weighted by Gasteiger charge is 2.34. The molecule has 0 radical (unpaired) electrons. The Morgan fingerprint density at radius 2 is 2.29 bits per heavy atom. The van der Waals surface area contributed by atoms with E-state index in [1.807, 2.05) is 11.8 Å². The number of amides is 2. The lowest BCUT2D eigenvalue weighted by Gasteiger charge is -2.27. The number of aromatic nitrogens is 1. The van der Waals surface area contributed by atoms with Gasteiger partial charge in [-0.05, 0) is 19.8 Å². The van der Waals surface area contributed by atoms with E-state index >= 15 is 0 Å². The Balaban J connectivity index is 1.72. The number of rotatable bonds is 2. The van der Waals surface area contributed by atoms with Gasteiger partial charge in [0.05, 0.1) is 18.0 Å². The number of hydrogen-bond donors (Lipinski definition) is 2. The number of nitrogens with two attached hydrogens (primary N) is 1. The molecule has 2 fully saturated rings. The van der Waals surface area contributed by atoms with Crippen molar-refractivity contribution in [2.75, 3.05) is 18.8 Å². The van der Waals surface area contributed by atoms with E-state index in [0.29, 0.717) is 24.6 Å². The predicted octanol–water partition coefficient (Wildman–Crippen LogP) is 0.703. The largest absolute Gasteiger partial charge is 0.375 e. The SMILES string of the molecule is Cc1nc(N)sc1CC(=O)N1C[C@@H]2CCC[C@H](C1)C(=O)N2. The van der Waals surface area contributed by atoms with Gasteiger partial charge in [0.2, 0.25) is 11.8 Å². The summed E-state index contributed by atoms with van der Waals surface area (Å²) in [5.74, 6) is 0.107. The number of fused-ring (bicyclic) bond motifs is 3. The van der Waals surface area contributed by atoms with E-state index < -0.39 is 0 Å². The number of thiazole rings is 1. The molecule has 2 aliphatic heterocycles. The first-order valence-electron chi connectivity index (χ1n) is 7.33. The van der Waals surface area contributed by atoms with Crippen molar-refractivity contribution in [3.05, 3.63) is 10.6 Å². The summed E-state index contributed by atoms with van der Waals surface area (Å²) in [6.07, 6.45) is 3.21. The van der Waals surface area contributed by atoms with Crippen molar-refractivity contribution in [2.24, 2.45) is 5.92 Å². The molecule has 3 heterocycles. The van der Waals surface area contributed by atoms with Gasteiger partial charge < -0.3 is 16.0 Å². The van der Waals surface area contributed by atoms with Crippen LogP contribution in [-0.2, 0) is 16.0 Å². The van der Waals surface area contributed by atoms with E-state index in [1.54, 1.807) is 0 Å². The standard InChI is InChI=1S/C14H20N4O2S/c1-8-11(21-14(15)16-8)5-12(19)18-6-9-3-2-4-10(7-18)17-13(9)20/h9-10H,2-7H2,1H3,(H2,15,16)(H,17,20)/t9-,10+/m1/s1. The normalized spacial score (nSPS) is 25.4. The number of nitrogens with zero attached hydrogens (tertiary/aromatic N) is 2. The Morgan fingerprint density at radius 1 is 1.48 bits per heavy atom. The zero-order valence-corrected chi connectivity index (χ0v) is 12.9. The van der Waals surface area contributed by atoms with E-state index in [4.69, 9.17) is 5.73 Å². The smallest absolute Gasteiger partial charge is 0.227 e. The Labute approximate surface area is 127 Å². The minimum atomic E-state index is -0.0610. The number of aryl methyl sites for hydroxylation is 1. The lowest BCUT2D eigenvalue weighted by atomic mass is 9.99. The molecule has 0 aromatic carbocycles. The van der Waals surface area contributed by atoms with E-state index in [-0.39, 0.29) is 23.8 Å². The van der Waals surface area contributed by atoms with Gasteiger partial charge in [0.1, 0.15) is 0 Å². The van der Waals surface area contributed by atoms with Crippen LogP contribution in [-0.4, -0.2) is 40.8 Å². The third kappa shape index (κ3) is 3.02. The molecule has 3 rings (SSSR count). The van der Waals surface area contributed by atoms with Gasteiger partial charge in [-0.15, -0.1) is 11.3 Å². The fraction of sp³-hybridized carbons (Fsp3) is 0.643. The maximum absolute atomic E-state index is 12.5. The summed E-state index contributed by atoms with van der Waals surface area (Å²) < 4.78 is 0. The summed E-state index contributed by atoms with van der Waals surface area (Å²) in [7, 11) is 0. The summed E-state index contributed by atoms with van der Waals surface area (Å²) in [6.45, 7) is 3.03. The number of carbonyl (C=O) groups excluding carboxylic acids is 2. The lowest BCUT2D eigenvalue weighted by molar-refractivity contribution is -0.131. The van der Waals surface area contributed by atoms with Gasteiger partial charge >= 0.3 is 0 Å². The molecule has 0 unspecified atom stereocenters. The molecule has 2 amide bonds. The molecule has 0 aliphatic carbocycles. The van der Waals surface area contributed by atoms with Gasteiger partial charge in [0, 0.05) is 24.0 Å². The van der Waals surface area contributed by atoms with Crippen molar-refractivity contribution in [3.63, 3.8) is 0 Å². The van der Waals surface area contributed by atoms with Crippen LogP contribution in [0.3, 0.4) is 0 Å². The molecule has 2 atom stereocenters. The van der Waals surface area contributed by atoms with E-state index in [2.05, 4.69) is 10.3 Å². The maximum atomic E-state index is 12.5. The number of nitrogens with one attached hydrogen (secondary N) is 1. The molecular weight excluding hydrogens is 288 g/mol. The molecule has 0 spiro atoms. The molecular formula is C14H20N4O2S. The molecule has 21 heavy (non-hydrogen) atoms. The highest BCUT2D eigenvalue weighted by atomic mass is 32.1. The van der Waals surface area contributed by atoms with Gasteiger partial charge in [-0.3, -0.25) is 9.59 Å². The second-order valence-corrected chi connectivity index (χ2v) is 6.98. The quantitative estimate of drug-likeness (QED) is 0.842. The van der Waals surface area contributed by atoms with Gasteiger partial charge in [0.15, 0.2) is 5.13 Å². The average molecular weight is 308 g/mol. The Morgan fingerprint density at radius 3 is 3.00 bits per heavy atom. The van der Waals surface area contributed by atoms with Gasteiger partial charge in [0.25, 0.3) is 0 Å². The van der Waals surface area contributed by atoms with Gasteiger partial charge in [-0.1, -0.05) is 6.42 Å². The lowest BCUT2D eigenvalue weighted by Crippen LogP contribution is -2.42. The molecule has 0 saturated carbocycles. The topological polar surface area (TPSA) is 88.3 Å². The van der Waals surface area contributed by atoms with Crippen LogP contribution in [0.1, 0.15) is 29.8 Å². The number of carbonyl (C=O) groups is 2. The predicted molar refractivity (Wildman–Crippen MR) is 80.8 cm³/mol. The third-order valence-electron chi connectivity index (χ3n) is 4.28. The Bertz CT molecular complexity index is 571. The molecule has 2 aliphatic rings. The van der Waals surface area contributed by atoms with Crippen LogP contribution in [0.2, 0.25) is 0 Å². The summed E-state index contributed by atoms with van der Waals surface area (Å²) >= 11 is 1.37. The summed E-state index contributed by atoms with van der Waals surface area (Å²) in [5.41, 5.74) is 6.51. The van der Waals surface area contributed by atoms with Crippen LogP contribution in [0.15, 0.2) is 0 Å². The van der Waals surface area contributed by atoms with Gasteiger partial charge in [-0.25, -0.2) is 4.98 Å². The third-order valence-corrected chi connectivity index (χ3v) is 5.26. The van der Waals surface area contributed by atoms with Crippen molar-refractivity contribution in [1.82, 2.24) is 15.2 Å². The maximum Gasteiger partial charge on any atom is 0.227 e. The number of hydrogen-bond acceptors (Lipinski definition) is 5. The molecule has 1 aromatic rings. The first kappa shape index (κ1) is 14.3. The summed E-state index contributed by atoms with van der Waals surface area (Å²) in [6, 6.07) is 0.0987. The van der Waals surface area contributed by atoms with Crippen LogP contribution in [0.25, 0.3) is 0 Å². The number of anilines is 1. The van der Waals surface area contributed by atoms with Crippen molar-refractivity contribution < 1.29 is 9.59 Å². The second kappa shape index (κ2) is 5.63. The number of nitrogen functional groups attached to an aromatic ring is 1. The Kier molecular flexibility index (Phi) is 3.84. The molecule has 2 saturated heterocycles. The zero-order valence-electron chi connectivity index (χ0n) is 12.1. The van der Waals surface area contributed by atoms with Gasteiger partial charge in [-0.2, -0.15) is 0 Å². The fourth-order valence-electron chi connectivity index (χ4n) is 3.12. The average Bonchev–Trinajstić information content (AvgIpc) is 2.56. The molecule has 3 N–H and O–H groups in total. The van der Waals surface area contributed by atoms with Crippen LogP contribution >= 0.6 is 11.3 Å². The van der Waals surface area contributed by atoms with Crippen molar-refractivity contribution in [2.45, 2.75) is 38.6 Å². The zero-order chi connectivity index (χ0) is 15.0. The molecule has 1 aromatic heterocycles. The van der Waals surface area contributed by atoms with E-state index in [1.165, 1.54) is 11.3 Å². The van der Waals surface area contributed by atoms with Crippen LogP contribution in [0.5, 0.6) is 0 Å². The first-order chi connectivity index (χ1) is 10.0. The van der Waals surface area contributed by atoms with Crippen LogP contribution < -0.4 is 11.1 Å². The highest BCUT2D eigenvalue weighted by Crippen LogP contribution is 2.24. The summed E-state index contributed by atoms with van der Waals surface area (Å²) in [4.78, 5) is 31.5.